The Morgan fingerprint density at radius 3 is 2.95 bits per heavy atom. The number of amides is 1. The summed E-state index contributed by atoms with van der Waals surface area (Å²) in [7, 11) is 0. The number of anilines is 1. The third-order valence-corrected chi connectivity index (χ3v) is 3.57. The molecule has 0 saturated carbocycles. The van der Waals surface area contributed by atoms with Gasteiger partial charge in [-0.2, -0.15) is 10.2 Å². The lowest BCUT2D eigenvalue weighted by atomic mass is 10.3. The van der Waals surface area contributed by atoms with Gasteiger partial charge in [0, 0.05) is 25.0 Å². The van der Waals surface area contributed by atoms with Gasteiger partial charge in [0.1, 0.15) is 0 Å². The first-order chi connectivity index (χ1) is 10.1. The average Bonchev–Trinajstić information content (AvgIpc) is 3.03. The van der Waals surface area contributed by atoms with Crippen molar-refractivity contribution in [3.8, 4) is 0 Å². The standard InChI is InChI=1S/C13H13BrN6O/c1-3-19-8(2)11(6-16-19)17-13(21)10-4-12-15-5-9(14)7-20(12)18-10/h4-7H,3H2,1-2H3,(H,17,21). The second kappa shape index (κ2) is 5.28. The molecule has 0 aliphatic carbocycles. The monoisotopic (exact) mass is 348 g/mol. The highest BCUT2D eigenvalue weighted by Gasteiger charge is 2.14. The van der Waals surface area contributed by atoms with Crippen LogP contribution in [-0.2, 0) is 6.54 Å². The highest BCUT2D eigenvalue weighted by molar-refractivity contribution is 9.10. The smallest absolute Gasteiger partial charge is 0.276 e. The van der Waals surface area contributed by atoms with Gasteiger partial charge in [0.15, 0.2) is 11.3 Å². The second-order valence-corrected chi connectivity index (χ2v) is 5.43. The van der Waals surface area contributed by atoms with Crippen molar-refractivity contribution in [2.24, 2.45) is 0 Å². The third-order valence-electron chi connectivity index (χ3n) is 3.17. The highest BCUT2D eigenvalue weighted by atomic mass is 79.9. The second-order valence-electron chi connectivity index (χ2n) is 4.52. The molecule has 0 radical (unpaired) electrons. The Labute approximate surface area is 129 Å². The lowest BCUT2D eigenvalue weighted by molar-refractivity contribution is 0.102. The summed E-state index contributed by atoms with van der Waals surface area (Å²) in [5.41, 5.74) is 2.53. The zero-order valence-electron chi connectivity index (χ0n) is 11.5. The fourth-order valence-corrected chi connectivity index (χ4v) is 2.34. The minimum atomic E-state index is -0.282. The molecule has 7 nitrogen and oxygen atoms in total. The number of fused-ring (bicyclic) bond motifs is 1. The molecule has 0 aliphatic rings. The minimum Gasteiger partial charge on any atom is -0.318 e. The maximum Gasteiger partial charge on any atom is 0.276 e. The van der Waals surface area contributed by atoms with Crippen LogP contribution in [0.3, 0.4) is 0 Å². The molecule has 0 unspecified atom stereocenters. The molecule has 1 N–H and O–H groups in total. The maximum absolute atomic E-state index is 12.3. The number of rotatable bonds is 3. The molecule has 0 aliphatic heterocycles. The van der Waals surface area contributed by atoms with Crippen LogP contribution < -0.4 is 5.32 Å². The predicted molar refractivity (Wildman–Crippen MR) is 81.3 cm³/mol. The Morgan fingerprint density at radius 1 is 1.43 bits per heavy atom. The number of carbonyl (C=O) groups is 1. The summed E-state index contributed by atoms with van der Waals surface area (Å²) in [6.07, 6.45) is 5.05. The van der Waals surface area contributed by atoms with Gasteiger partial charge < -0.3 is 5.32 Å². The number of hydrogen-bond donors (Lipinski definition) is 1. The van der Waals surface area contributed by atoms with Gasteiger partial charge in [-0.25, -0.2) is 9.50 Å². The Hall–Kier alpha value is -2.22. The van der Waals surface area contributed by atoms with Crippen molar-refractivity contribution in [3.63, 3.8) is 0 Å². The van der Waals surface area contributed by atoms with Crippen molar-refractivity contribution in [2.45, 2.75) is 20.4 Å². The van der Waals surface area contributed by atoms with E-state index in [-0.39, 0.29) is 5.91 Å². The van der Waals surface area contributed by atoms with Crippen molar-refractivity contribution in [2.75, 3.05) is 5.32 Å². The molecule has 8 heteroatoms. The van der Waals surface area contributed by atoms with E-state index >= 15 is 0 Å². The van der Waals surface area contributed by atoms with Gasteiger partial charge in [0.25, 0.3) is 5.91 Å². The lowest BCUT2D eigenvalue weighted by Gasteiger charge is -2.03. The van der Waals surface area contributed by atoms with E-state index < -0.39 is 0 Å². The van der Waals surface area contributed by atoms with Crippen LogP contribution in [0.5, 0.6) is 0 Å². The molecule has 0 bridgehead atoms. The van der Waals surface area contributed by atoms with Gasteiger partial charge in [0.2, 0.25) is 0 Å². The van der Waals surface area contributed by atoms with Crippen LogP contribution in [0, 0.1) is 6.92 Å². The summed E-state index contributed by atoms with van der Waals surface area (Å²) in [5, 5.41) is 11.2. The van der Waals surface area contributed by atoms with Gasteiger partial charge in [0.05, 0.1) is 22.1 Å². The van der Waals surface area contributed by atoms with E-state index in [9.17, 15) is 4.79 Å². The summed E-state index contributed by atoms with van der Waals surface area (Å²) in [6, 6.07) is 1.64. The molecular formula is C13H13BrN6O. The van der Waals surface area contributed by atoms with Gasteiger partial charge in [-0.05, 0) is 29.8 Å². The summed E-state index contributed by atoms with van der Waals surface area (Å²) >= 11 is 3.32. The van der Waals surface area contributed by atoms with Crippen molar-refractivity contribution < 1.29 is 4.79 Å². The predicted octanol–water partition coefficient (Wildman–Crippen LogP) is 2.27. The number of aryl methyl sites for hydroxylation is 1. The first kappa shape index (κ1) is 13.7. The summed E-state index contributed by atoms with van der Waals surface area (Å²) in [5.74, 6) is -0.282. The number of nitrogens with one attached hydrogen (secondary N) is 1. The third kappa shape index (κ3) is 2.54. The van der Waals surface area contributed by atoms with Crippen molar-refractivity contribution in [1.82, 2.24) is 24.4 Å². The molecule has 108 valence electrons. The first-order valence-electron chi connectivity index (χ1n) is 6.43. The van der Waals surface area contributed by atoms with Crippen LogP contribution in [0.25, 0.3) is 5.65 Å². The summed E-state index contributed by atoms with van der Waals surface area (Å²) in [6.45, 7) is 4.67. The highest BCUT2D eigenvalue weighted by Crippen LogP contribution is 2.15. The molecule has 21 heavy (non-hydrogen) atoms. The van der Waals surface area contributed by atoms with E-state index in [0.29, 0.717) is 17.0 Å². The largest absolute Gasteiger partial charge is 0.318 e. The van der Waals surface area contributed by atoms with Gasteiger partial charge in [-0.1, -0.05) is 0 Å². The fourth-order valence-electron chi connectivity index (χ4n) is 2.04. The minimum absolute atomic E-state index is 0.282. The fraction of sp³-hybridized carbons (Fsp3) is 0.231. The molecule has 0 fully saturated rings. The Kier molecular flexibility index (Phi) is 3.46. The molecule has 3 heterocycles. The van der Waals surface area contributed by atoms with Crippen LogP contribution in [-0.4, -0.2) is 30.3 Å². The number of hydrogen-bond acceptors (Lipinski definition) is 4. The van der Waals surface area contributed by atoms with Crippen LogP contribution in [0.2, 0.25) is 0 Å². The molecule has 3 aromatic heterocycles. The average molecular weight is 349 g/mol. The molecule has 1 amide bonds. The maximum atomic E-state index is 12.3. The van der Waals surface area contributed by atoms with Crippen LogP contribution in [0.1, 0.15) is 23.1 Å². The van der Waals surface area contributed by atoms with Gasteiger partial charge >= 0.3 is 0 Å². The number of nitrogens with zero attached hydrogens (tertiary/aromatic N) is 5. The SMILES string of the molecule is CCn1ncc(NC(=O)c2cc3ncc(Br)cn3n2)c1C. The summed E-state index contributed by atoms with van der Waals surface area (Å²) < 4.78 is 4.17. The molecule has 0 aromatic carbocycles. The topological polar surface area (TPSA) is 77.1 Å². The lowest BCUT2D eigenvalue weighted by Crippen LogP contribution is -2.13. The van der Waals surface area contributed by atoms with E-state index in [1.54, 1.807) is 29.2 Å². The normalized spacial score (nSPS) is 11.0. The Morgan fingerprint density at radius 2 is 2.24 bits per heavy atom. The van der Waals surface area contributed by atoms with Crippen LogP contribution in [0.15, 0.2) is 29.1 Å². The molecule has 3 aromatic rings. The quantitative estimate of drug-likeness (QED) is 0.787. The first-order valence-corrected chi connectivity index (χ1v) is 7.22. The zero-order chi connectivity index (χ0) is 15.0. The number of halogens is 1. The van der Waals surface area contributed by atoms with E-state index in [4.69, 9.17) is 0 Å². The zero-order valence-corrected chi connectivity index (χ0v) is 13.1. The molecule has 3 rings (SSSR count). The van der Waals surface area contributed by atoms with Crippen LogP contribution >= 0.6 is 15.9 Å². The summed E-state index contributed by atoms with van der Waals surface area (Å²) in [4.78, 5) is 16.4. The molecule has 0 saturated heterocycles. The van der Waals surface area contributed by atoms with E-state index in [0.717, 1.165) is 16.7 Å². The van der Waals surface area contributed by atoms with Gasteiger partial charge in [-0.15, -0.1) is 0 Å². The number of aromatic nitrogens is 5. The van der Waals surface area contributed by atoms with Crippen molar-refractivity contribution in [1.29, 1.82) is 0 Å². The van der Waals surface area contributed by atoms with Crippen molar-refractivity contribution in [3.05, 3.63) is 40.5 Å². The molecular weight excluding hydrogens is 336 g/mol. The van der Waals surface area contributed by atoms with E-state index in [2.05, 4.69) is 36.4 Å². The van der Waals surface area contributed by atoms with E-state index in [1.807, 2.05) is 18.5 Å². The molecule has 0 spiro atoms. The van der Waals surface area contributed by atoms with Crippen molar-refractivity contribution >= 4 is 33.2 Å². The molecule has 0 atom stereocenters. The van der Waals surface area contributed by atoms with E-state index in [1.165, 1.54) is 0 Å². The number of carbonyl (C=O) groups excluding carboxylic acids is 1. The van der Waals surface area contributed by atoms with Crippen LogP contribution in [0.4, 0.5) is 5.69 Å². The Balaban J connectivity index is 1.88. The van der Waals surface area contributed by atoms with Gasteiger partial charge in [-0.3, -0.25) is 9.48 Å². The Bertz CT molecular complexity index is 821.